The van der Waals surface area contributed by atoms with Crippen LogP contribution in [0.2, 0.25) is 5.02 Å². The van der Waals surface area contributed by atoms with E-state index in [-0.39, 0.29) is 0 Å². The van der Waals surface area contributed by atoms with Crippen molar-refractivity contribution in [1.82, 2.24) is 5.32 Å². The normalized spacial score (nSPS) is 20.2. The van der Waals surface area contributed by atoms with Crippen molar-refractivity contribution in [1.29, 1.82) is 0 Å². The van der Waals surface area contributed by atoms with E-state index < -0.39 is 0 Å². The summed E-state index contributed by atoms with van der Waals surface area (Å²) in [7, 11) is 0. The molecule has 0 radical (unpaired) electrons. The van der Waals surface area contributed by atoms with Crippen molar-refractivity contribution < 1.29 is 0 Å². The summed E-state index contributed by atoms with van der Waals surface area (Å²) < 4.78 is 0. The van der Waals surface area contributed by atoms with Crippen molar-refractivity contribution in [2.45, 2.75) is 39.2 Å². The van der Waals surface area contributed by atoms with Crippen LogP contribution in [0.15, 0.2) is 18.2 Å². The molecule has 1 aromatic carbocycles. The van der Waals surface area contributed by atoms with Crippen LogP contribution >= 0.6 is 11.6 Å². The molecule has 0 saturated carbocycles. The maximum Gasteiger partial charge on any atom is 0.0455 e. The van der Waals surface area contributed by atoms with Gasteiger partial charge in [-0.1, -0.05) is 24.6 Å². The van der Waals surface area contributed by atoms with Crippen LogP contribution in [0.25, 0.3) is 0 Å². The van der Waals surface area contributed by atoms with Crippen LogP contribution in [0.5, 0.6) is 0 Å². The highest BCUT2D eigenvalue weighted by Gasteiger charge is 2.19. The smallest absolute Gasteiger partial charge is 0.0455 e. The minimum Gasteiger partial charge on any atom is -0.370 e. The van der Waals surface area contributed by atoms with Crippen molar-refractivity contribution in [3.8, 4) is 0 Å². The van der Waals surface area contributed by atoms with Crippen LogP contribution < -0.4 is 10.2 Å². The highest BCUT2D eigenvalue weighted by molar-refractivity contribution is 6.31. The number of nitrogens with zero attached hydrogens (tertiary/aromatic N) is 1. The highest BCUT2D eigenvalue weighted by atomic mass is 35.5. The molecule has 2 rings (SSSR count). The number of rotatable bonds is 4. The van der Waals surface area contributed by atoms with Gasteiger partial charge in [0.15, 0.2) is 0 Å². The molecular formula is C15H23ClN2. The number of aryl methyl sites for hydroxylation is 1. The molecule has 100 valence electrons. The lowest BCUT2D eigenvalue weighted by Crippen LogP contribution is -2.46. The molecule has 0 spiro atoms. The Hall–Kier alpha value is -0.730. The standard InChI is InChI=1S/C15H23ClN2/c1-3-8-17-13-5-4-9-18(11-13)14-7-6-12(2)15(16)10-14/h6-7,10,13,17H,3-5,8-9,11H2,1-2H3. The summed E-state index contributed by atoms with van der Waals surface area (Å²) in [6.07, 6.45) is 3.75. The van der Waals surface area contributed by atoms with Gasteiger partial charge in [0.2, 0.25) is 0 Å². The molecule has 18 heavy (non-hydrogen) atoms. The molecule has 2 nitrogen and oxygen atoms in total. The third-order valence-electron chi connectivity index (χ3n) is 3.62. The predicted octanol–water partition coefficient (Wildman–Crippen LogP) is 3.62. The van der Waals surface area contributed by atoms with Crippen LogP contribution in [-0.2, 0) is 0 Å². The van der Waals surface area contributed by atoms with Gasteiger partial charge in [-0.3, -0.25) is 0 Å². The Balaban J connectivity index is 2.01. The molecule has 1 saturated heterocycles. The van der Waals surface area contributed by atoms with E-state index in [1.165, 1.54) is 24.9 Å². The molecule has 1 N–H and O–H groups in total. The zero-order valence-electron chi connectivity index (χ0n) is 11.4. The average Bonchev–Trinajstić information content (AvgIpc) is 2.40. The van der Waals surface area contributed by atoms with Gasteiger partial charge >= 0.3 is 0 Å². The second-order valence-corrected chi connectivity index (χ2v) is 5.58. The molecule has 1 atom stereocenters. The van der Waals surface area contributed by atoms with Crippen molar-refractivity contribution in [3.63, 3.8) is 0 Å². The fourth-order valence-corrected chi connectivity index (χ4v) is 2.68. The summed E-state index contributed by atoms with van der Waals surface area (Å²) in [5.74, 6) is 0. The summed E-state index contributed by atoms with van der Waals surface area (Å²) in [5, 5.41) is 4.49. The molecule has 1 aliphatic rings. The summed E-state index contributed by atoms with van der Waals surface area (Å²) in [6.45, 7) is 7.62. The number of nitrogens with one attached hydrogen (secondary N) is 1. The van der Waals surface area contributed by atoms with Gasteiger partial charge in [-0.05, 0) is 50.4 Å². The number of hydrogen-bond acceptors (Lipinski definition) is 2. The van der Waals surface area contributed by atoms with E-state index in [0.717, 1.165) is 30.2 Å². The first-order chi connectivity index (χ1) is 8.70. The predicted molar refractivity (Wildman–Crippen MR) is 79.7 cm³/mol. The Morgan fingerprint density at radius 3 is 3.00 bits per heavy atom. The van der Waals surface area contributed by atoms with E-state index in [0.29, 0.717) is 6.04 Å². The van der Waals surface area contributed by atoms with E-state index in [2.05, 4.69) is 35.3 Å². The SMILES string of the molecule is CCCNC1CCCN(c2ccc(C)c(Cl)c2)C1. The molecule has 0 aromatic heterocycles. The van der Waals surface area contributed by atoms with E-state index in [1.807, 2.05) is 6.92 Å². The number of benzene rings is 1. The Labute approximate surface area is 115 Å². The van der Waals surface area contributed by atoms with Crippen LogP contribution in [-0.4, -0.2) is 25.7 Å². The molecule has 0 bridgehead atoms. The fraction of sp³-hybridized carbons (Fsp3) is 0.600. The summed E-state index contributed by atoms with van der Waals surface area (Å²) in [6, 6.07) is 7.02. The molecule has 1 aromatic rings. The molecule has 1 aliphatic heterocycles. The Bertz CT molecular complexity index is 392. The largest absolute Gasteiger partial charge is 0.370 e. The molecule has 3 heteroatoms. The highest BCUT2D eigenvalue weighted by Crippen LogP contribution is 2.25. The van der Waals surface area contributed by atoms with Gasteiger partial charge in [0.25, 0.3) is 0 Å². The van der Waals surface area contributed by atoms with Gasteiger partial charge in [-0.15, -0.1) is 0 Å². The van der Waals surface area contributed by atoms with Crippen LogP contribution in [0.1, 0.15) is 31.7 Å². The van der Waals surface area contributed by atoms with Gasteiger partial charge in [0.1, 0.15) is 0 Å². The summed E-state index contributed by atoms with van der Waals surface area (Å²) in [4.78, 5) is 2.45. The zero-order chi connectivity index (χ0) is 13.0. The number of hydrogen-bond donors (Lipinski definition) is 1. The number of anilines is 1. The number of halogens is 1. The van der Waals surface area contributed by atoms with Crippen LogP contribution in [0, 0.1) is 6.92 Å². The third kappa shape index (κ3) is 3.39. The first-order valence-corrected chi connectivity index (χ1v) is 7.33. The zero-order valence-corrected chi connectivity index (χ0v) is 12.1. The fourth-order valence-electron chi connectivity index (χ4n) is 2.51. The molecule has 1 fully saturated rings. The van der Waals surface area contributed by atoms with E-state index in [1.54, 1.807) is 0 Å². The average molecular weight is 267 g/mol. The lowest BCUT2D eigenvalue weighted by molar-refractivity contribution is 0.423. The van der Waals surface area contributed by atoms with Gasteiger partial charge in [0.05, 0.1) is 0 Å². The number of piperidine rings is 1. The van der Waals surface area contributed by atoms with Crippen molar-refractivity contribution in [2.75, 3.05) is 24.5 Å². The third-order valence-corrected chi connectivity index (χ3v) is 4.03. The Kier molecular flexibility index (Phi) is 4.90. The molecule has 0 amide bonds. The Morgan fingerprint density at radius 1 is 1.44 bits per heavy atom. The van der Waals surface area contributed by atoms with Crippen molar-refractivity contribution in [2.24, 2.45) is 0 Å². The van der Waals surface area contributed by atoms with Gasteiger partial charge < -0.3 is 10.2 Å². The first kappa shape index (κ1) is 13.7. The lowest BCUT2D eigenvalue weighted by atomic mass is 10.0. The minimum absolute atomic E-state index is 0.624. The molecular weight excluding hydrogens is 244 g/mol. The second-order valence-electron chi connectivity index (χ2n) is 5.17. The topological polar surface area (TPSA) is 15.3 Å². The van der Waals surface area contributed by atoms with Crippen molar-refractivity contribution in [3.05, 3.63) is 28.8 Å². The van der Waals surface area contributed by atoms with Crippen LogP contribution in [0.4, 0.5) is 5.69 Å². The quantitative estimate of drug-likeness (QED) is 0.896. The maximum absolute atomic E-state index is 6.21. The molecule has 1 heterocycles. The van der Waals surface area contributed by atoms with Gasteiger partial charge in [-0.2, -0.15) is 0 Å². The molecule has 0 aliphatic carbocycles. The van der Waals surface area contributed by atoms with Crippen molar-refractivity contribution >= 4 is 17.3 Å². The molecule has 1 unspecified atom stereocenters. The maximum atomic E-state index is 6.21. The second kappa shape index (κ2) is 6.44. The first-order valence-electron chi connectivity index (χ1n) is 6.95. The van der Waals surface area contributed by atoms with E-state index >= 15 is 0 Å². The minimum atomic E-state index is 0.624. The van der Waals surface area contributed by atoms with Gasteiger partial charge in [-0.25, -0.2) is 0 Å². The Morgan fingerprint density at radius 2 is 2.28 bits per heavy atom. The monoisotopic (exact) mass is 266 g/mol. The lowest BCUT2D eigenvalue weighted by Gasteiger charge is -2.35. The van der Waals surface area contributed by atoms with Crippen LogP contribution in [0.3, 0.4) is 0 Å². The van der Waals surface area contributed by atoms with E-state index in [4.69, 9.17) is 11.6 Å². The summed E-state index contributed by atoms with van der Waals surface area (Å²) in [5.41, 5.74) is 2.41. The van der Waals surface area contributed by atoms with Gasteiger partial charge in [0, 0.05) is 29.8 Å². The van der Waals surface area contributed by atoms with E-state index in [9.17, 15) is 0 Å². The summed E-state index contributed by atoms with van der Waals surface area (Å²) >= 11 is 6.21.